The van der Waals surface area contributed by atoms with Crippen LogP contribution < -0.4 is 4.74 Å². The lowest BCUT2D eigenvalue weighted by Gasteiger charge is -2.40. The summed E-state index contributed by atoms with van der Waals surface area (Å²) in [7, 11) is 1.34. The summed E-state index contributed by atoms with van der Waals surface area (Å²) in [5.74, 6) is 0.381. The highest BCUT2D eigenvalue weighted by molar-refractivity contribution is 5.69. The van der Waals surface area contributed by atoms with E-state index in [0.29, 0.717) is 25.9 Å². The highest BCUT2D eigenvalue weighted by Gasteiger charge is 2.36. The van der Waals surface area contributed by atoms with Crippen LogP contribution in [0.15, 0.2) is 18.2 Å². The van der Waals surface area contributed by atoms with Gasteiger partial charge in [0, 0.05) is 13.1 Å². The summed E-state index contributed by atoms with van der Waals surface area (Å²) in [5.41, 5.74) is -0.952. The smallest absolute Gasteiger partial charge is 0.416 e. The number of aryl methyl sites for hydroxylation is 1. The zero-order valence-corrected chi connectivity index (χ0v) is 14.9. The molecule has 0 aromatic heterocycles. The fourth-order valence-electron chi connectivity index (χ4n) is 2.75. The molecule has 2 rings (SSSR count). The Balaban J connectivity index is 1.90. The summed E-state index contributed by atoms with van der Waals surface area (Å²) < 4.78 is 49.7. The highest BCUT2D eigenvalue weighted by atomic mass is 19.4. The molecule has 0 atom stereocenters. The maximum Gasteiger partial charge on any atom is 0.416 e. The van der Waals surface area contributed by atoms with Crippen LogP contribution in [-0.4, -0.2) is 36.8 Å². The lowest BCUT2D eigenvalue weighted by Crippen LogP contribution is -2.51. The van der Waals surface area contributed by atoms with Crippen molar-refractivity contribution in [2.24, 2.45) is 5.92 Å². The first kappa shape index (κ1) is 19.4. The van der Waals surface area contributed by atoms with E-state index in [-0.39, 0.29) is 23.3 Å². The minimum atomic E-state index is -4.41. The van der Waals surface area contributed by atoms with Crippen molar-refractivity contribution in [3.05, 3.63) is 29.3 Å². The van der Waals surface area contributed by atoms with E-state index in [4.69, 9.17) is 9.47 Å². The van der Waals surface area contributed by atoms with Crippen molar-refractivity contribution in [2.75, 3.05) is 20.2 Å². The topological polar surface area (TPSA) is 38.8 Å². The van der Waals surface area contributed by atoms with Gasteiger partial charge in [-0.05, 0) is 57.2 Å². The fraction of sp³-hybridized carbons (Fsp3) is 0.611. The van der Waals surface area contributed by atoms with E-state index in [0.717, 1.165) is 6.07 Å². The Bertz CT molecular complexity index is 617. The highest BCUT2D eigenvalue weighted by Crippen LogP contribution is 2.35. The average molecular weight is 359 g/mol. The van der Waals surface area contributed by atoms with Gasteiger partial charge in [-0.1, -0.05) is 6.07 Å². The van der Waals surface area contributed by atoms with Crippen molar-refractivity contribution < 1.29 is 27.4 Å². The van der Waals surface area contributed by atoms with Crippen LogP contribution in [0.3, 0.4) is 0 Å². The molecule has 25 heavy (non-hydrogen) atoms. The summed E-state index contributed by atoms with van der Waals surface area (Å²) in [4.78, 5) is 13.4. The number of benzene rings is 1. The van der Waals surface area contributed by atoms with Gasteiger partial charge in [0.25, 0.3) is 0 Å². The molecule has 0 radical (unpaired) electrons. The standard InChI is InChI=1S/C18H24F3NO3/c1-17(2,3)25-16(23)22-10-12(11-22)5-6-13-7-8-14(24-4)9-15(13)18(19,20)21/h7-9,12H,5-6,10-11H2,1-4H3. The predicted octanol–water partition coefficient (Wildman–Crippen LogP) is 4.51. The number of rotatable bonds is 4. The molecule has 7 heteroatoms. The Kier molecular flexibility index (Phi) is 5.54. The zero-order chi connectivity index (χ0) is 18.8. The molecule has 1 aliphatic heterocycles. The largest absolute Gasteiger partial charge is 0.497 e. The summed E-state index contributed by atoms with van der Waals surface area (Å²) in [6.45, 7) is 6.43. The Hall–Kier alpha value is -1.92. The normalized spacial score (nSPS) is 15.7. The molecule has 1 aromatic carbocycles. The maximum atomic E-state index is 13.2. The van der Waals surface area contributed by atoms with Crippen molar-refractivity contribution in [2.45, 2.75) is 45.4 Å². The van der Waals surface area contributed by atoms with E-state index in [2.05, 4.69) is 0 Å². The maximum absolute atomic E-state index is 13.2. The van der Waals surface area contributed by atoms with Crippen LogP contribution in [0.4, 0.5) is 18.0 Å². The van der Waals surface area contributed by atoms with Crippen molar-refractivity contribution in [1.82, 2.24) is 4.90 Å². The van der Waals surface area contributed by atoms with Gasteiger partial charge in [0.1, 0.15) is 11.4 Å². The molecule has 1 heterocycles. The minimum Gasteiger partial charge on any atom is -0.497 e. The van der Waals surface area contributed by atoms with Crippen LogP contribution in [0.2, 0.25) is 0 Å². The van der Waals surface area contributed by atoms with Crippen LogP contribution in [-0.2, 0) is 17.3 Å². The molecule has 1 saturated heterocycles. The first-order valence-corrected chi connectivity index (χ1v) is 8.21. The molecule has 140 valence electrons. The number of methoxy groups -OCH3 is 1. The quantitative estimate of drug-likeness (QED) is 0.794. The van der Waals surface area contributed by atoms with Gasteiger partial charge in [0.15, 0.2) is 0 Å². The SMILES string of the molecule is COc1ccc(CCC2CN(C(=O)OC(C)(C)C)C2)c(C(F)(F)F)c1. The molecule has 4 nitrogen and oxygen atoms in total. The molecule has 0 saturated carbocycles. The van der Waals surface area contributed by atoms with Gasteiger partial charge in [-0.2, -0.15) is 13.2 Å². The molecule has 1 amide bonds. The summed E-state index contributed by atoms with van der Waals surface area (Å²) in [6, 6.07) is 4.04. The summed E-state index contributed by atoms with van der Waals surface area (Å²) in [5, 5.41) is 0. The molecule has 0 aliphatic carbocycles. The van der Waals surface area contributed by atoms with Crippen LogP contribution in [0, 0.1) is 5.92 Å². The molecule has 0 bridgehead atoms. The Labute approximate surface area is 145 Å². The van der Waals surface area contributed by atoms with E-state index in [1.54, 1.807) is 31.7 Å². The Morgan fingerprint density at radius 3 is 2.40 bits per heavy atom. The Morgan fingerprint density at radius 1 is 1.24 bits per heavy atom. The molecule has 1 aliphatic rings. The second-order valence-electron chi connectivity index (χ2n) is 7.31. The fourth-order valence-corrected chi connectivity index (χ4v) is 2.75. The second-order valence-corrected chi connectivity index (χ2v) is 7.31. The number of amides is 1. The van der Waals surface area contributed by atoms with E-state index >= 15 is 0 Å². The molecule has 0 spiro atoms. The molecule has 1 aromatic rings. The first-order chi connectivity index (χ1) is 11.5. The second kappa shape index (κ2) is 7.14. The molecule has 0 N–H and O–H groups in total. The third-order valence-corrected chi connectivity index (χ3v) is 4.05. The first-order valence-electron chi connectivity index (χ1n) is 8.21. The van der Waals surface area contributed by atoms with Crippen molar-refractivity contribution in [3.63, 3.8) is 0 Å². The van der Waals surface area contributed by atoms with Gasteiger partial charge in [-0.15, -0.1) is 0 Å². The van der Waals surface area contributed by atoms with E-state index < -0.39 is 17.3 Å². The number of nitrogens with zero attached hydrogens (tertiary/aromatic N) is 1. The van der Waals surface area contributed by atoms with E-state index in [1.165, 1.54) is 13.2 Å². The van der Waals surface area contributed by atoms with Gasteiger partial charge in [0.2, 0.25) is 0 Å². The molecular weight excluding hydrogens is 335 g/mol. The number of likely N-dealkylation sites (tertiary alicyclic amines) is 1. The Morgan fingerprint density at radius 2 is 1.88 bits per heavy atom. The number of alkyl halides is 3. The minimum absolute atomic E-state index is 0.190. The lowest BCUT2D eigenvalue weighted by atomic mass is 9.91. The predicted molar refractivity (Wildman–Crippen MR) is 87.6 cm³/mol. The van der Waals surface area contributed by atoms with Crippen molar-refractivity contribution in [3.8, 4) is 5.75 Å². The third-order valence-electron chi connectivity index (χ3n) is 4.05. The zero-order valence-electron chi connectivity index (χ0n) is 14.9. The van der Waals surface area contributed by atoms with E-state index in [9.17, 15) is 18.0 Å². The van der Waals surface area contributed by atoms with Gasteiger partial charge in [-0.3, -0.25) is 0 Å². The van der Waals surface area contributed by atoms with Crippen LogP contribution >= 0.6 is 0 Å². The third kappa shape index (κ3) is 5.28. The van der Waals surface area contributed by atoms with E-state index in [1.807, 2.05) is 0 Å². The number of carbonyl (C=O) groups is 1. The summed E-state index contributed by atoms with van der Waals surface area (Å²) in [6.07, 6.45) is -3.88. The lowest BCUT2D eigenvalue weighted by molar-refractivity contribution is -0.138. The molecule has 1 fully saturated rings. The van der Waals surface area contributed by atoms with Crippen LogP contribution in [0.1, 0.15) is 38.3 Å². The number of hydrogen-bond acceptors (Lipinski definition) is 3. The number of ether oxygens (including phenoxy) is 2. The van der Waals surface area contributed by atoms with Gasteiger partial charge in [0.05, 0.1) is 12.7 Å². The molecular formula is C18H24F3NO3. The van der Waals surface area contributed by atoms with Crippen LogP contribution in [0.5, 0.6) is 5.75 Å². The van der Waals surface area contributed by atoms with Gasteiger partial charge in [-0.25, -0.2) is 4.79 Å². The molecule has 0 unspecified atom stereocenters. The van der Waals surface area contributed by atoms with Gasteiger partial charge < -0.3 is 14.4 Å². The van der Waals surface area contributed by atoms with Crippen LogP contribution in [0.25, 0.3) is 0 Å². The van der Waals surface area contributed by atoms with Crippen molar-refractivity contribution in [1.29, 1.82) is 0 Å². The number of hydrogen-bond donors (Lipinski definition) is 0. The number of carbonyl (C=O) groups excluding carboxylic acids is 1. The number of halogens is 3. The summed E-state index contributed by atoms with van der Waals surface area (Å²) >= 11 is 0. The average Bonchev–Trinajstić information content (AvgIpc) is 2.42. The monoisotopic (exact) mass is 359 g/mol. The van der Waals surface area contributed by atoms with Gasteiger partial charge >= 0.3 is 12.3 Å². The van der Waals surface area contributed by atoms with Crippen molar-refractivity contribution >= 4 is 6.09 Å².